The molecule has 1 unspecified atom stereocenters. The number of para-hydroxylation sites is 2. The molecule has 3 aromatic carbocycles. The largest absolute Gasteiger partial charge is 0.492 e. The number of hydrogen-bond donors (Lipinski definition) is 0. The first-order valence-corrected chi connectivity index (χ1v) is 11.6. The lowest BCUT2D eigenvalue weighted by molar-refractivity contribution is -0.117. The summed E-state index contributed by atoms with van der Waals surface area (Å²) < 4.78 is 8.15. The summed E-state index contributed by atoms with van der Waals surface area (Å²) in [6, 6.07) is 21.7. The summed E-state index contributed by atoms with van der Waals surface area (Å²) in [5, 5.41) is 0.685. The molecule has 0 aliphatic carbocycles. The number of carbonyl (C=O) groups excluding carboxylic acids is 1. The molecule has 0 bridgehead atoms. The molecule has 2 heterocycles. The lowest BCUT2D eigenvalue weighted by atomic mass is 10.1. The number of halogens is 1. The Morgan fingerprint density at radius 1 is 1.03 bits per heavy atom. The predicted molar refractivity (Wildman–Crippen MR) is 132 cm³/mol. The molecular formula is C27H26ClN3O2. The van der Waals surface area contributed by atoms with Crippen LogP contribution in [0.4, 0.5) is 5.69 Å². The maximum absolute atomic E-state index is 13.0. The predicted octanol–water partition coefficient (Wildman–Crippen LogP) is 5.91. The second-order valence-corrected chi connectivity index (χ2v) is 9.02. The number of imidazole rings is 1. The van der Waals surface area contributed by atoms with Gasteiger partial charge in [-0.1, -0.05) is 29.8 Å². The number of ether oxygens (including phenoxy) is 1. The van der Waals surface area contributed by atoms with Crippen molar-refractivity contribution >= 4 is 34.2 Å². The van der Waals surface area contributed by atoms with Crippen LogP contribution in [-0.4, -0.2) is 28.6 Å². The Morgan fingerprint density at radius 3 is 2.61 bits per heavy atom. The third-order valence-corrected chi connectivity index (χ3v) is 6.63. The van der Waals surface area contributed by atoms with Gasteiger partial charge in [0.25, 0.3) is 0 Å². The molecular weight excluding hydrogens is 434 g/mol. The van der Waals surface area contributed by atoms with E-state index in [4.69, 9.17) is 21.3 Å². The second kappa shape index (κ2) is 8.91. The van der Waals surface area contributed by atoms with Gasteiger partial charge in [0.05, 0.1) is 17.6 Å². The molecule has 1 saturated heterocycles. The second-order valence-electron chi connectivity index (χ2n) is 8.59. The molecule has 1 fully saturated rings. The number of carbonyl (C=O) groups is 1. The first-order chi connectivity index (χ1) is 16.0. The van der Waals surface area contributed by atoms with E-state index in [9.17, 15) is 4.79 Å². The molecule has 0 saturated carbocycles. The average molecular weight is 460 g/mol. The summed E-state index contributed by atoms with van der Waals surface area (Å²) in [6.07, 6.45) is 0.453. The number of benzene rings is 3. The highest BCUT2D eigenvalue weighted by Gasteiger charge is 2.35. The van der Waals surface area contributed by atoms with Crippen molar-refractivity contribution in [3.05, 3.63) is 88.7 Å². The van der Waals surface area contributed by atoms with Gasteiger partial charge in [-0.3, -0.25) is 4.79 Å². The summed E-state index contributed by atoms with van der Waals surface area (Å²) in [6.45, 7) is 5.94. The van der Waals surface area contributed by atoms with Gasteiger partial charge in [0.1, 0.15) is 18.2 Å². The SMILES string of the molecule is Cc1ccc(N2CC(c3nc4ccccc4n3CCOc3ccc(Cl)cc3)CC2=O)cc1C. The highest BCUT2D eigenvalue weighted by molar-refractivity contribution is 6.30. The van der Waals surface area contributed by atoms with Gasteiger partial charge >= 0.3 is 0 Å². The molecule has 33 heavy (non-hydrogen) atoms. The van der Waals surface area contributed by atoms with Crippen LogP contribution in [0.25, 0.3) is 11.0 Å². The number of rotatable bonds is 6. The van der Waals surface area contributed by atoms with Crippen LogP contribution in [0, 0.1) is 13.8 Å². The molecule has 168 valence electrons. The molecule has 6 heteroatoms. The van der Waals surface area contributed by atoms with Crippen molar-refractivity contribution < 1.29 is 9.53 Å². The van der Waals surface area contributed by atoms with Gasteiger partial charge in [-0.25, -0.2) is 4.98 Å². The third-order valence-electron chi connectivity index (χ3n) is 6.37. The zero-order valence-corrected chi connectivity index (χ0v) is 19.5. The molecule has 1 atom stereocenters. The van der Waals surface area contributed by atoms with Crippen LogP contribution in [0.3, 0.4) is 0 Å². The summed E-state index contributed by atoms with van der Waals surface area (Å²) in [7, 11) is 0. The van der Waals surface area contributed by atoms with E-state index in [1.165, 1.54) is 11.1 Å². The zero-order valence-electron chi connectivity index (χ0n) is 18.8. The molecule has 0 spiro atoms. The molecule has 0 radical (unpaired) electrons. The fraction of sp³-hybridized carbons (Fsp3) is 0.259. The maximum atomic E-state index is 13.0. The van der Waals surface area contributed by atoms with Crippen LogP contribution in [0.5, 0.6) is 5.75 Å². The summed E-state index contributed by atoms with van der Waals surface area (Å²) >= 11 is 5.97. The Kier molecular flexibility index (Phi) is 5.81. The van der Waals surface area contributed by atoms with E-state index in [1.807, 2.05) is 53.4 Å². The van der Waals surface area contributed by atoms with Crippen LogP contribution in [0.2, 0.25) is 5.02 Å². The first-order valence-electron chi connectivity index (χ1n) is 11.2. The summed E-state index contributed by atoms with van der Waals surface area (Å²) in [4.78, 5) is 19.8. The van der Waals surface area contributed by atoms with Gasteiger partial charge in [0.2, 0.25) is 5.91 Å². The van der Waals surface area contributed by atoms with E-state index in [1.54, 1.807) is 0 Å². The molecule has 1 aromatic heterocycles. The van der Waals surface area contributed by atoms with Crippen molar-refractivity contribution in [1.82, 2.24) is 9.55 Å². The fourth-order valence-corrected chi connectivity index (χ4v) is 4.58. The van der Waals surface area contributed by atoms with E-state index in [0.29, 0.717) is 31.1 Å². The Bertz CT molecular complexity index is 1310. The lowest BCUT2D eigenvalue weighted by Gasteiger charge is -2.18. The quantitative estimate of drug-likeness (QED) is 0.360. The van der Waals surface area contributed by atoms with Gasteiger partial charge in [-0.2, -0.15) is 0 Å². The van der Waals surface area contributed by atoms with E-state index in [-0.39, 0.29) is 11.8 Å². The molecule has 5 rings (SSSR count). The molecule has 1 aliphatic heterocycles. The monoisotopic (exact) mass is 459 g/mol. The lowest BCUT2D eigenvalue weighted by Crippen LogP contribution is -2.24. The Hall–Kier alpha value is -3.31. The topological polar surface area (TPSA) is 47.4 Å². The molecule has 1 aliphatic rings. The van der Waals surface area contributed by atoms with Crippen molar-refractivity contribution in [2.45, 2.75) is 32.7 Å². The van der Waals surface area contributed by atoms with Gasteiger partial charge in [0.15, 0.2) is 0 Å². The van der Waals surface area contributed by atoms with E-state index in [0.717, 1.165) is 28.3 Å². The molecule has 4 aromatic rings. The minimum Gasteiger partial charge on any atom is -0.492 e. The molecule has 1 amide bonds. The van der Waals surface area contributed by atoms with Gasteiger partial charge in [-0.15, -0.1) is 0 Å². The first kappa shape index (κ1) is 21.5. The van der Waals surface area contributed by atoms with Crippen molar-refractivity contribution in [2.75, 3.05) is 18.1 Å². The smallest absolute Gasteiger partial charge is 0.227 e. The number of aromatic nitrogens is 2. The van der Waals surface area contributed by atoms with Crippen LogP contribution in [-0.2, 0) is 11.3 Å². The summed E-state index contributed by atoms with van der Waals surface area (Å²) in [5.74, 6) is 1.89. The van der Waals surface area contributed by atoms with Crippen molar-refractivity contribution in [2.24, 2.45) is 0 Å². The van der Waals surface area contributed by atoms with Crippen LogP contribution in [0.1, 0.15) is 29.3 Å². The van der Waals surface area contributed by atoms with Crippen LogP contribution < -0.4 is 9.64 Å². The van der Waals surface area contributed by atoms with E-state index < -0.39 is 0 Å². The fourth-order valence-electron chi connectivity index (χ4n) is 4.45. The van der Waals surface area contributed by atoms with E-state index >= 15 is 0 Å². The van der Waals surface area contributed by atoms with Gasteiger partial charge in [0, 0.05) is 29.6 Å². The van der Waals surface area contributed by atoms with Crippen molar-refractivity contribution in [1.29, 1.82) is 0 Å². The minimum absolute atomic E-state index is 0.0297. The number of nitrogens with zero attached hydrogens (tertiary/aromatic N) is 3. The number of amides is 1. The molecule has 0 N–H and O–H groups in total. The standard InChI is InChI=1S/C27H26ClN3O2/c1-18-7-10-22(15-19(18)2)31-17-20(16-26(31)32)27-29-24-5-3-4-6-25(24)30(27)13-14-33-23-11-8-21(28)9-12-23/h3-12,15,20H,13-14,16-17H2,1-2H3. The maximum Gasteiger partial charge on any atom is 0.227 e. The zero-order chi connectivity index (χ0) is 22.9. The Balaban J connectivity index is 1.40. The van der Waals surface area contributed by atoms with Crippen LogP contribution >= 0.6 is 11.6 Å². The van der Waals surface area contributed by atoms with Gasteiger partial charge in [-0.05, 0) is 73.5 Å². The number of hydrogen-bond acceptors (Lipinski definition) is 3. The summed E-state index contributed by atoms with van der Waals surface area (Å²) in [5.41, 5.74) is 5.37. The number of aryl methyl sites for hydroxylation is 2. The van der Waals surface area contributed by atoms with Gasteiger partial charge < -0.3 is 14.2 Å². The number of anilines is 1. The van der Waals surface area contributed by atoms with Crippen molar-refractivity contribution in [3.8, 4) is 5.75 Å². The highest BCUT2D eigenvalue weighted by atomic mass is 35.5. The molecule has 5 nitrogen and oxygen atoms in total. The Labute approximate surface area is 198 Å². The number of fused-ring (bicyclic) bond motifs is 1. The third kappa shape index (κ3) is 4.33. The normalized spacial score (nSPS) is 16.0. The Morgan fingerprint density at radius 2 is 1.82 bits per heavy atom. The minimum atomic E-state index is 0.0297. The average Bonchev–Trinajstić information content (AvgIpc) is 3.38. The highest BCUT2D eigenvalue weighted by Crippen LogP contribution is 2.34. The van der Waals surface area contributed by atoms with E-state index in [2.05, 4.69) is 36.6 Å². The van der Waals surface area contributed by atoms with Crippen molar-refractivity contribution in [3.63, 3.8) is 0 Å². The van der Waals surface area contributed by atoms with Crippen LogP contribution in [0.15, 0.2) is 66.7 Å².